The third-order valence-corrected chi connectivity index (χ3v) is 6.14. The lowest BCUT2D eigenvalue weighted by Gasteiger charge is -2.09. The number of carbonyl (C=O) groups excluding carboxylic acids is 1. The van der Waals surface area contributed by atoms with Crippen LogP contribution in [0.3, 0.4) is 0 Å². The van der Waals surface area contributed by atoms with Gasteiger partial charge in [-0.15, -0.1) is 0 Å². The Hall–Kier alpha value is -4.53. The number of nitro groups is 1. The van der Waals surface area contributed by atoms with Crippen molar-refractivity contribution in [3.8, 4) is 22.8 Å². The van der Waals surface area contributed by atoms with E-state index >= 15 is 0 Å². The fourth-order valence-electron chi connectivity index (χ4n) is 4.30. The Labute approximate surface area is 206 Å². The van der Waals surface area contributed by atoms with Crippen molar-refractivity contribution in [2.24, 2.45) is 0 Å². The fraction of sp³-hybridized carbons (Fsp3) is 0.222. The van der Waals surface area contributed by atoms with Gasteiger partial charge < -0.3 is 13.7 Å². The normalized spacial score (nSPS) is 11.3. The highest BCUT2D eigenvalue weighted by molar-refractivity contribution is 5.96. The summed E-state index contributed by atoms with van der Waals surface area (Å²) in [4.78, 5) is 32.2. The monoisotopic (exact) mass is 484 g/mol. The van der Waals surface area contributed by atoms with Crippen LogP contribution < -0.4 is 0 Å². The minimum absolute atomic E-state index is 0.00247. The minimum Gasteiger partial charge on any atom is -0.465 e. The molecule has 0 radical (unpaired) electrons. The highest BCUT2D eigenvalue weighted by Gasteiger charge is 2.20. The van der Waals surface area contributed by atoms with E-state index in [1.807, 2.05) is 24.3 Å². The lowest BCUT2D eigenvalue weighted by atomic mass is 10.1. The van der Waals surface area contributed by atoms with E-state index in [0.29, 0.717) is 33.6 Å². The maximum Gasteiger partial charge on any atom is 0.337 e. The molecule has 0 aliphatic rings. The number of hydrogen-bond donors (Lipinski definition) is 0. The van der Waals surface area contributed by atoms with Gasteiger partial charge in [0.25, 0.3) is 5.69 Å². The van der Waals surface area contributed by atoms with Gasteiger partial charge in [-0.3, -0.25) is 10.1 Å². The number of nitro benzene ring substituents is 1. The molecule has 0 aliphatic carbocycles. The van der Waals surface area contributed by atoms with Crippen molar-refractivity contribution in [1.29, 1.82) is 0 Å². The van der Waals surface area contributed by atoms with Crippen LogP contribution in [0.15, 0.2) is 65.1 Å². The number of benzene rings is 3. The van der Waals surface area contributed by atoms with Crippen molar-refractivity contribution >= 4 is 33.8 Å². The third-order valence-electron chi connectivity index (χ3n) is 6.14. The lowest BCUT2D eigenvalue weighted by molar-refractivity contribution is -0.384. The summed E-state index contributed by atoms with van der Waals surface area (Å²) in [6, 6.07) is 17.2. The Bertz CT molecular complexity index is 1580. The van der Waals surface area contributed by atoms with Crippen LogP contribution in [0.2, 0.25) is 0 Å². The largest absolute Gasteiger partial charge is 0.465 e. The molecule has 36 heavy (non-hydrogen) atoms. The number of aryl methyl sites for hydroxylation is 1. The first-order valence-electron chi connectivity index (χ1n) is 11.7. The summed E-state index contributed by atoms with van der Waals surface area (Å²) in [5, 5.41) is 11.0. The number of ether oxygens (including phenoxy) is 1. The summed E-state index contributed by atoms with van der Waals surface area (Å²) in [6.45, 7) is 2.92. The van der Waals surface area contributed by atoms with Crippen molar-refractivity contribution < 1.29 is 18.9 Å². The number of non-ortho nitro benzene ring substituents is 1. The van der Waals surface area contributed by atoms with Crippen LogP contribution >= 0.6 is 0 Å². The van der Waals surface area contributed by atoms with Gasteiger partial charge in [0.15, 0.2) is 5.58 Å². The Balaban J connectivity index is 1.64. The Morgan fingerprint density at radius 2 is 1.86 bits per heavy atom. The van der Waals surface area contributed by atoms with Crippen LogP contribution in [0.5, 0.6) is 0 Å². The van der Waals surface area contributed by atoms with Crippen molar-refractivity contribution in [2.45, 2.75) is 32.7 Å². The SMILES string of the molecule is CCCCCn1c(-c2cccc3nc(-c4ccc([N+](=O)[O-])cc4)oc23)nc2cc(C(=O)OC)ccc21. The first kappa shape index (κ1) is 23.2. The summed E-state index contributed by atoms with van der Waals surface area (Å²) in [6.07, 6.45) is 3.15. The van der Waals surface area contributed by atoms with Crippen LogP contribution in [0.1, 0.15) is 36.5 Å². The maximum atomic E-state index is 12.1. The molecule has 0 fully saturated rings. The zero-order chi connectivity index (χ0) is 25.2. The number of oxazole rings is 1. The molecule has 2 aromatic heterocycles. The molecule has 0 N–H and O–H groups in total. The Morgan fingerprint density at radius 3 is 2.58 bits per heavy atom. The number of unbranched alkanes of at least 4 members (excludes halogenated alkanes) is 2. The molecule has 2 heterocycles. The first-order chi connectivity index (χ1) is 17.5. The van der Waals surface area contributed by atoms with E-state index in [9.17, 15) is 14.9 Å². The van der Waals surface area contributed by atoms with Crippen LogP contribution in [0.4, 0.5) is 5.69 Å². The molecule has 0 atom stereocenters. The third kappa shape index (κ3) is 4.19. The van der Waals surface area contributed by atoms with E-state index < -0.39 is 10.9 Å². The van der Waals surface area contributed by atoms with Crippen LogP contribution in [0, 0.1) is 10.1 Å². The molecule has 9 heteroatoms. The molecule has 0 aliphatic heterocycles. The average molecular weight is 485 g/mol. The van der Waals surface area contributed by atoms with Crippen molar-refractivity contribution in [3.63, 3.8) is 0 Å². The van der Waals surface area contributed by atoms with Crippen LogP contribution in [-0.2, 0) is 11.3 Å². The molecule has 0 saturated heterocycles. The van der Waals surface area contributed by atoms with Gasteiger partial charge in [0.05, 0.1) is 34.2 Å². The van der Waals surface area contributed by atoms with Crippen LogP contribution in [0.25, 0.3) is 45.0 Å². The number of imidazole rings is 1. The predicted molar refractivity (Wildman–Crippen MR) is 136 cm³/mol. The molecule has 0 bridgehead atoms. The molecule has 0 unspecified atom stereocenters. The van der Waals surface area contributed by atoms with Crippen molar-refractivity contribution in [3.05, 3.63) is 76.3 Å². The summed E-state index contributed by atoms with van der Waals surface area (Å²) >= 11 is 0. The van der Waals surface area contributed by atoms with E-state index in [2.05, 4.69) is 16.5 Å². The second-order valence-corrected chi connectivity index (χ2v) is 8.47. The quantitative estimate of drug-likeness (QED) is 0.108. The number of rotatable bonds is 8. The molecule has 5 rings (SSSR count). The van der Waals surface area contributed by atoms with Gasteiger partial charge in [-0.1, -0.05) is 25.8 Å². The lowest BCUT2D eigenvalue weighted by Crippen LogP contribution is -2.02. The van der Waals surface area contributed by atoms with Crippen molar-refractivity contribution in [1.82, 2.24) is 14.5 Å². The molecular formula is C27H24N4O5. The summed E-state index contributed by atoms with van der Waals surface area (Å²) < 4.78 is 13.2. The van der Waals surface area contributed by atoms with E-state index in [-0.39, 0.29) is 5.69 Å². The van der Waals surface area contributed by atoms with Gasteiger partial charge >= 0.3 is 5.97 Å². The number of para-hydroxylation sites is 1. The number of fused-ring (bicyclic) bond motifs is 2. The van der Waals surface area contributed by atoms with Crippen LogP contribution in [-0.4, -0.2) is 32.5 Å². The standard InChI is InChI=1S/C27H24N4O5/c1-3-4-5-15-30-23-14-11-18(27(32)35-2)16-22(23)28-25(30)20-7-6-8-21-24(20)36-26(29-21)17-9-12-19(13-10-17)31(33)34/h6-14,16H,3-5,15H2,1-2H3. The van der Waals surface area contributed by atoms with E-state index in [0.717, 1.165) is 42.7 Å². The number of nitrogens with zero attached hydrogens (tertiary/aromatic N) is 4. The average Bonchev–Trinajstić information content (AvgIpc) is 3.50. The number of methoxy groups -OCH3 is 1. The minimum atomic E-state index is -0.442. The van der Waals surface area contributed by atoms with Gasteiger partial charge in [0.1, 0.15) is 11.3 Å². The molecule has 9 nitrogen and oxygen atoms in total. The van der Waals surface area contributed by atoms with E-state index in [1.54, 1.807) is 24.3 Å². The number of aromatic nitrogens is 3. The maximum absolute atomic E-state index is 12.1. The summed E-state index contributed by atoms with van der Waals surface area (Å²) in [5.74, 6) is 0.679. The van der Waals surface area contributed by atoms with E-state index in [4.69, 9.17) is 14.1 Å². The highest BCUT2D eigenvalue weighted by atomic mass is 16.6. The van der Waals surface area contributed by atoms with Gasteiger partial charge in [0, 0.05) is 24.2 Å². The van der Waals surface area contributed by atoms with E-state index in [1.165, 1.54) is 19.2 Å². The zero-order valence-electron chi connectivity index (χ0n) is 19.9. The Kier molecular flexibility index (Phi) is 6.20. The number of esters is 1. The molecule has 0 spiro atoms. The molecule has 182 valence electrons. The van der Waals surface area contributed by atoms with Gasteiger partial charge in [-0.05, 0) is 48.9 Å². The summed E-state index contributed by atoms with van der Waals surface area (Å²) in [7, 11) is 1.36. The molecular weight excluding hydrogens is 460 g/mol. The zero-order valence-corrected chi connectivity index (χ0v) is 19.9. The Morgan fingerprint density at radius 1 is 1.06 bits per heavy atom. The first-order valence-corrected chi connectivity index (χ1v) is 11.7. The van der Waals surface area contributed by atoms with Gasteiger partial charge in [-0.2, -0.15) is 0 Å². The topological polar surface area (TPSA) is 113 Å². The summed E-state index contributed by atoms with van der Waals surface area (Å²) in [5.41, 5.74) is 4.70. The fourth-order valence-corrected chi connectivity index (χ4v) is 4.30. The smallest absolute Gasteiger partial charge is 0.337 e. The van der Waals surface area contributed by atoms with Gasteiger partial charge in [0.2, 0.25) is 5.89 Å². The second-order valence-electron chi connectivity index (χ2n) is 8.47. The highest BCUT2D eigenvalue weighted by Crippen LogP contribution is 2.34. The molecule has 3 aromatic carbocycles. The predicted octanol–water partition coefficient (Wildman–Crippen LogP) is 6.40. The molecule has 0 saturated carbocycles. The molecule has 5 aromatic rings. The number of hydrogen-bond acceptors (Lipinski definition) is 7. The second kappa shape index (κ2) is 9.61. The van der Waals surface area contributed by atoms with Crippen molar-refractivity contribution in [2.75, 3.05) is 7.11 Å². The number of carbonyl (C=O) groups is 1. The van der Waals surface area contributed by atoms with Gasteiger partial charge in [-0.25, -0.2) is 14.8 Å². The molecule has 0 amide bonds.